The molecule has 0 amide bonds. The van der Waals surface area contributed by atoms with E-state index in [4.69, 9.17) is 5.11 Å². The lowest BCUT2D eigenvalue weighted by atomic mass is 10.1. The molecule has 1 atom stereocenters. The van der Waals surface area contributed by atoms with Crippen LogP contribution in [-0.4, -0.2) is 29.4 Å². The van der Waals surface area contributed by atoms with Crippen molar-refractivity contribution in [3.8, 4) is 0 Å². The summed E-state index contributed by atoms with van der Waals surface area (Å²) in [4.78, 5) is 12.1. The van der Waals surface area contributed by atoms with Crippen molar-refractivity contribution in [2.45, 2.75) is 36.5 Å². The van der Waals surface area contributed by atoms with Crippen LogP contribution < -0.4 is 5.32 Å². The Hall–Kier alpha value is -1.00. The second kappa shape index (κ2) is 6.67. The molecule has 0 aliphatic rings. The van der Waals surface area contributed by atoms with E-state index in [1.807, 2.05) is 12.1 Å². The molecule has 0 bridgehead atoms. The number of hydrogen-bond acceptors (Lipinski definition) is 3. The molecule has 2 N–H and O–H groups in total. The lowest BCUT2D eigenvalue weighted by molar-refractivity contribution is -0.139. The van der Waals surface area contributed by atoms with E-state index in [1.54, 1.807) is 18.8 Å². The molecule has 0 radical (unpaired) electrons. The standard InChI is InChI=1S/C13H19NO2S/c1-9(2)17-11-6-4-10(5-7-11)8-12(14-3)13(15)16/h4-7,9,12,14H,8H2,1-3H3,(H,15,16). The summed E-state index contributed by atoms with van der Waals surface area (Å²) in [5.74, 6) is -0.812. The first-order valence-electron chi connectivity index (χ1n) is 5.68. The smallest absolute Gasteiger partial charge is 0.321 e. The molecule has 0 aliphatic heterocycles. The van der Waals surface area contributed by atoms with Gasteiger partial charge < -0.3 is 10.4 Å². The van der Waals surface area contributed by atoms with Gasteiger partial charge in [-0.3, -0.25) is 4.79 Å². The van der Waals surface area contributed by atoms with Crippen molar-refractivity contribution < 1.29 is 9.90 Å². The molecule has 0 aliphatic carbocycles. The van der Waals surface area contributed by atoms with Crippen molar-refractivity contribution in [3.05, 3.63) is 29.8 Å². The Kier molecular flexibility index (Phi) is 5.51. The van der Waals surface area contributed by atoms with E-state index in [-0.39, 0.29) is 0 Å². The summed E-state index contributed by atoms with van der Waals surface area (Å²) in [7, 11) is 1.67. The van der Waals surface area contributed by atoms with Crippen LogP contribution in [0.1, 0.15) is 19.4 Å². The second-order valence-corrected chi connectivity index (χ2v) is 5.84. The zero-order chi connectivity index (χ0) is 12.8. The maximum atomic E-state index is 10.9. The van der Waals surface area contributed by atoms with Crippen molar-refractivity contribution in [1.82, 2.24) is 5.32 Å². The quantitative estimate of drug-likeness (QED) is 0.764. The molecule has 1 aromatic carbocycles. The number of carboxylic acids is 1. The average molecular weight is 253 g/mol. The fraction of sp³-hybridized carbons (Fsp3) is 0.462. The molecular weight excluding hydrogens is 234 g/mol. The Labute approximate surface area is 107 Å². The summed E-state index contributed by atoms with van der Waals surface area (Å²) >= 11 is 1.81. The van der Waals surface area contributed by atoms with Gasteiger partial charge in [0.15, 0.2) is 0 Å². The Bertz CT molecular complexity index is 362. The van der Waals surface area contributed by atoms with Crippen molar-refractivity contribution in [3.63, 3.8) is 0 Å². The molecule has 1 unspecified atom stereocenters. The first kappa shape index (κ1) is 14.1. The third kappa shape index (κ3) is 4.79. The van der Waals surface area contributed by atoms with Gasteiger partial charge >= 0.3 is 5.97 Å². The Morgan fingerprint density at radius 1 is 1.35 bits per heavy atom. The predicted molar refractivity (Wildman–Crippen MR) is 71.6 cm³/mol. The van der Waals surface area contributed by atoms with Crippen LogP contribution in [0.15, 0.2) is 29.2 Å². The highest BCUT2D eigenvalue weighted by Gasteiger charge is 2.14. The van der Waals surface area contributed by atoms with E-state index >= 15 is 0 Å². The fourth-order valence-corrected chi connectivity index (χ4v) is 2.36. The molecule has 94 valence electrons. The number of likely N-dealkylation sites (N-methyl/N-ethyl adjacent to an activating group) is 1. The third-order valence-electron chi connectivity index (χ3n) is 2.38. The highest BCUT2D eigenvalue weighted by molar-refractivity contribution is 7.99. The predicted octanol–water partition coefficient (Wildman–Crippen LogP) is 2.40. The Balaban J connectivity index is 2.64. The van der Waals surface area contributed by atoms with E-state index in [0.29, 0.717) is 11.7 Å². The van der Waals surface area contributed by atoms with E-state index in [9.17, 15) is 4.79 Å². The molecule has 3 nitrogen and oxygen atoms in total. The molecule has 1 aromatic rings. The van der Waals surface area contributed by atoms with E-state index in [2.05, 4.69) is 31.3 Å². The van der Waals surface area contributed by atoms with Crippen LogP contribution in [0.4, 0.5) is 0 Å². The second-order valence-electron chi connectivity index (χ2n) is 4.19. The SMILES string of the molecule is CNC(Cc1ccc(SC(C)C)cc1)C(=O)O. The zero-order valence-corrected chi connectivity index (χ0v) is 11.3. The van der Waals surface area contributed by atoms with Crippen molar-refractivity contribution in [1.29, 1.82) is 0 Å². The number of rotatable bonds is 6. The van der Waals surface area contributed by atoms with E-state index in [1.165, 1.54) is 4.90 Å². The van der Waals surface area contributed by atoms with Gasteiger partial charge in [0, 0.05) is 10.1 Å². The van der Waals surface area contributed by atoms with Crippen LogP contribution in [0, 0.1) is 0 Å². The zero-order valence-electron chi connectivity index (χ0n) is 10.4. The van der Waals surface area contributed by atoms with Gasteiger partial charge in [0.1, 0.15) is 6.04 Å². The summed E-state index contributed by atoms with van der Waals surface area (Å²) in [6.07, 6.45) is 0.512. The molecule has 0 saturated heterocycles. The number of carboxylic acid groups (broad SMARTS) is 1. The lowest BCUT2D eigenvalue weighted by Crippen LogP contribution is -2.35. The number of hydrogen-bond donors (Lipinski definition) is 2. The Morgan fingerprint density at radius 3 is 2.35 bits per heavy atom. The summed E-state index contributed by atoms with van der Waals surface area (Å²) in [6, 6.07) is 7.58. The molecule has 0 fully saturated rings. The maximum Gasteiger partial charge on any atom is 0.321 e. The normalized spacial score (nSPS) is 12.7. The molecule has 4 heteroatoms. The maximum absolute atomic E-state index is 10.9. The number of aliphatic carboxylic acids is 1. The Morgan fingerprint density at radius 2 is 1.94 bits per heavy atom. The molecule has 0 saturated carbocycles. The van der Waals surface area contributed by atoms with Gasteiger partial charge in [-0.05, 0) is 31.2 Å². The van der Waals surface area contributed by atoms with Crippen LogP contribution >= 0.6 is 11.8 Å². The summed E-state index contributed by atoms with van der Waals surface area (Å²) < 4.78 is 0. The van der Waals surface area contributed by atoms with Crippen molar-refractivity contribution >= 4 is 17.7 Å². The van der Waals surface area contributed by atoms with Gasteiger partial charge in [-0.1, -0.05) is 26.0 Å². The van der Waals surface area contributed by atoms with Gasteiger partial charge in [-0.25, -0.2) is 0 Å². The van der Waals surface area contributed by atoms with Crippen LogP contribution in [0.5, 0.6) is 0 Å². The third-order valence-corrected chi connectivity index (χ3v) is 3.40. The first-order valence-corrected chi connectivity index (χ1v) is 6.56. The minimum Gasteiger partial charge on any atom is -0.480 e. The van der Waals surface area contributed by atoms with E-state index < -0.39 is 12.0 Å². The molecule has 0 spiro atoms. The monoisotopic (exact) mass is 253 g/mol. The average Bonchev–Trinajstić information content (AvgIpc) is 2.26. The number of carbonyl (C=O) groups is 1. The van der Waals surface area contributed by atoms with Crippen LogP contribution in [0.25, 0.3) is 0 Å². The fourth-order valence-electron chi connectivity index (χ4n) is 1.52. The number of nitrogens with one attached hydrogen (secondary N) is 1. The minimum atomic E-state index is -0.812. The van der Waals surface area contributed by atoms with Gasteiger partial charge in [-0.15, -0.1) is 11.8 Å². The lowest BCUT2D eigenvalue weighted by Gasteiger charge is -2.11. The highest BCUT2D eigenvalue weighted by Crippen LogP contribution is 2.23. The van der Waals surface area contributed by atoms with Crippen molar-refractivity contribution in [2.75, 3.05) is 7.05 Å². The largest absolute Gasteiger partial charge is 0.480 e. The van der Waals surface area contributed by atoms with Gasteiger partial charge in [0.2, 0.25) is 0 Å². The van der Waals surface area contributed by atoms with Crippen LogP contribution in [0.3, 0.4) is 0 Å². The molecule has 1 rings (SSSR count). The van der Waals surface area contributed by atoms with E-state index in [0.717, 1.165) is 5.56 Å². The van der Waals surface area contributed by atoms with Gasteiger partial charge in [-0.2, -0.15) is 0 Å². The van der Waals surface area contributed by atoms with Crippen LogP contribution in [0.2, 0.25) is 0 Å². The first-order chi connectivity index (χ1) is 8.02. The van der Waals surface area contributed by atoms with Gasteiger partial charge in [0.25, 0.3) is 0 Å². The number of benzene rings is 1. The van der Waals surface area contributed by atoms with Crippen molar-refractivity contribution in [2.24, 2.45) is 0 Å². The highest BCUT2D eigenvalue weighted by atomic mass is 32.2. The van der Waals surface area contributed by atoms with Crippen LogP contribution in [-0.2, 0) is 11.2 Å². The minimum absolute atomic E-state index is 0.512. The topological polar surface area (TPSA) is 49.3 Å². The summed E-state index contributed by atoms with van der Waals surface area (Å²) in [6.45, 7) is 4.31. The molecule has 0 heterocycles. The molecule has 17 heavy (non-hydrogen) atoms. The molecular formula is C13H19NO2S. The number of thioether (sulfide) groups is 1. The van der Waals surface area contributed by atoms with Gasteiger partial charge in [0.05, 0.1) is 0 Å². The molecule has 0 aromatic heterocycles. The summed E-state index contributed by atoms with van der Waals surface area (Å²) in [5.41, 5.74) is 1.04. The summed E-state index contributed by atoms with van der Waals surface area (Å²) in [5, 5.41) is 12.3.